The van der Waals surface area contributed by atoms with E-state index in [2.05, 4.69) is 5.32 Å². The first-order chi connectivity index (χ1) is 14.9. The molecule has 0 unspecified atom stereocenters. The van der Waals surface area contributed by atoms with Gasteiger partial charge < -0.3 is 10.2 Å². The molecule has 0 spiro atoms. The Bertz CT molecular complexity index is 1090. The summed E-state index contributed by atoms with van der Waals surface area (Å²) < 4.78 is 26.8. The minimum absolute atomic E-state index is 0.142. The number of nitrogens with one attached hydrogen (secondary N) is 1. The third-order valence-corrected chi connectivity index (χ3v) is 7.82. The SMILES string of the molecule is O=C(Nc1cc(Cl)ccc1C(=O)N1CCCC1)c1ccc(S(=O)(=O)N2CCCC2)cc1. The van der Waals surface area contributed by atoms with E-state index in [4.69, 9.17) is 11.6 Å². The molecule has 0 radical (unpaired) electrons. The number of anilines is 1. The van der Waals surface area contributed by atoms with Crippen molar-refractivity contribution >= 4 is 39.1 Å². The number of carbonyl (C=O) groups is 2. The monoisotopic (exact) mass is 461 g/mol. The average Bonchev–Trinajstić information content (AvgIpc) is 3.48. The van der Waals surface area contributed by atoms with Gasteiger partial charge in [-0.3, -0.25) is 9.59 Å². The summed E-state index contributed by atoms with van der Waals surface area (Å²) >= 11 is 6.10. The summed E-state index contributed by atoms with van der Waals surface area (Å²) in [5.74, 6) is -0.584. The molecule has 4 rings (SSSR count). The zero-order chi connectivity index (χ0) is 22.0. The molecule has 2 saturated heterocycles. The van der Waals surface area contributed by atoms with Gasteiger partial charge in [0.05, 0.1) is 16.1 Å². The first-order valence-electron chi connectivity index (χ1n) is 10.4. The summed E-state index contributed by atoms with van der Waals surface area (Å²) in [6.07, 6.45) is 3.65. The van der Waals surface area contributed by atoms with Gasteiger partial charge in [-0.05, 0) is 68.1 Å². The zero-order valence-electron chi connectivity index (χ0n) is 17.0. The highest BCUT2D eigenvalue weighted by atomic mass is 35.5. The molecule has 2 aliphatic heterocycles. The molecule has 164 valence electrons. The van der Waals surface area contributed by atoms with Crippen LogP contribution >= 0.6 is 11.6 Å². The molecule has 2 aromatic carbocycles. The Kier molecular flexibility index (Phi) is 6.31. The second-order valence-electron chi connectivity index (χ2n) is 7.78. The summed E-state index contributed by atoms with van der Waals surface area (Å²) in [5, 5.41) is 3.16. The zero-order valence-corrected chi connectivity index (χ0v) is 18.6. The van der Waals surface area contributed by atoms with Crippen molar-refractivity contribution in [3.05, 3.63) is 58.6 Å². The van der Waals surface area contributed by atoms with E-state index in [9.17, 15) is 18.0 Å². The van der Waals surface area contributed by atoms with Gasteiger partial charge in [-0.15, -0.1) is 0 Å². The normalized spacial score (nSPS) is 17.1. The van der Waals surface area contributed by atoms with Gasteiger partial charge in [-0.2, -0.15) is 4.31 Å². The van der Waals surface area contributed by atoms with Crippen molar-refractivity contribution in [1.82, 2.24) is 9.21 Å². The highest BCUT2D eigenvalue weighted by Crippen LogP contribution is 2.25. The third-order valence-electron chi connectivity index (χ3n) is 5.67. The van der Waals surface area contributed by atoms with Gasteiger partial charge in [0.1, 0.15) is 0 Å². The molecule has 0 saturated carbocycles. The molecule has 0 aliphatic carbocycles. The van der Waals surface area contributed by atoms with Crippen LogP contribution in [-0.2, 0) is 10.0 Å². The fraction of sp³-hybridized carbons (Fsp3) is 0.364. The number of sulfonamides is 1. The molecule has 0 aromatic heterocycles. The van der Waals surface area contributed by atoms with Gasteiger partial charge in [-0.25, -0.2) is 8.42 Å². The van der Waals surface area contributed by atoms with E-state index in [1.54, 1.807) is 23.1 Å². The molecular formula is C22H24ClN3O4S. The molecule has 2 amide bonds. The largest absolute Gasteiger partial charge is 0.339 e. The second kappa shape index (κ2) is 8.98. The Hall–Kier alpha value is -2.42. The predicted molar refractivity (Wildman–Crippen MR) is 119 cm³/mol. The number of benzene rings is 2. The van der Waals surface area contributed by atoms with Crippen molar-refractivity contribution in [2.45, 2.75) is 30.6 Å². The molecule has 0 atom stereocenters. The van der Waals surface area contributed by atoms with Crippen LogP contribution in [0.1, 0.15) is 46.4 Å². The van der Waals surface area contributed by atoms with E-state index in [0.29, 0.717) is 48.0 Å². The number of hydrogen-bond donors (Lipinski definition) is 1. The Morgan fingerprint density at radius 3 is 2.13 bits per heavy atom. The molecule has 7 nitrogen and oxygen atoms in total. The Balaban J connectivity index is 1.53. The molecule has 2 fully saturated rings. The maximum Gasteiger partial charge on any atom is 0.255 e. The van der Waals surface area contributed by atoms with Gasteiger partial charge in [0.2, 0.25) is 10.0 Å². The van der Waals surface area contributed by atoms with Crippen LogP contribution < -0.4 is 5.32 Å². The highest BCUT2D eigenvalue weighted by molar-refractivity contribution is 7.89. The number of nitrogens with zero attached hydrogens (tertiary/aromatic N) is 2. The molecule has 0 bridgehead atoms. The predicted octanol–water partition coefficient (Wildman–Crippen LogP) is 3.61. The van der Waals surface area contributed by atoms with Crippen molar-refractivity contribution in [2.24, 2.45) is 0 Å². The van der Waals surface area contributed by atoms with E-state index in [1.165, 1.54) is 28.6 Å². The Morgan fingerprint density at radius 1 is 0.871 bits per heavy atom. The maximum absolute atomic E-state index is 12.8. The van der Waals surface area contributed by atoms with Gasteiger partial charge in [0, 0.05) is 36.8 Å². The number of hydrogen-bond acceptors (Lipinski definition) is 4. The topological polar surface area (TPSA) is 86.8 Å². The lowest BCUT2D eigenvalue weighted by Gasteiger charge is -2.18. The summed E-state index contributed by atoms with van der Waals surface area (Å²) in [6, 6.07) is 10.6. The van der Waals surface area contributed by atoms with Crippen LogP contribution in [0.3, 0.4) is 0 Å². The molecule has 31 heavy (non-hydrogen) atoms. The Morgan fingerprint density at radius 2 is 1.48 bits per heavy atom. The number of likely N-dealkylation sites (tertiary alicyclic amines) is 1. The van der Waals surface area contributed by atoms with E-state index in [-0.39, 0.29) is 10.8 Å². The van der Waals surface area contributed by atoms with Gasteiger partial charge in [0.25, 0.3) is 11.8 Å². The van der Waals surface area contributed by atoms with E-state index in [0.717, 1.165) is 25.7 Å². The first-order valence-corrected chi connectivity index (χ1v) is 12.2. The lowest BCUT2D eigenvalue weighted by atomic mass is 10.1. The standard InChI is InChI=1S/C22H24ClN3O4S/c23-17-7-10-19(22(28)25-11-1-2-12-25)20(15-17)24-21(27)16-5-8-18(9-6-16)31(29,30)26-13-3-4-14-26/h5-10,15H,1-4,11-14H2,(H,24,27). The summed E-state index contributed by atoms with van der Waals surface area (Å²) in [5.41, 5.74) is 1.01. The van der Waals surface area contributed by atoms with Gasteiger partial charge in [-0.1, -0.05) is 11.6 Å². The summed E-state index contributed by atoms with van der Waals surface area (Å²) in [6.45, 7) is 2.43. The number of rotatable bonds is 5. The average molecular weight is 462 g/mol. The highest BCUT2D eigenvalue weighted by Gasteiger charge is 2.27. The van der Waals surface area contributed by atoms with Crippen molar-refractivity contribution in [3.63, 3.8) is 0 Å². The van der Waals surface area contributed by atoms with Crippen molar-refractivity contribution in [1.29, 1.82) is 0 Å². The van der Waals surface area contributed by atoms with Crippen LogP contribution in [0.25, 0.3) is 0 Å². The van der Waals surface area contributed by atoms with Crippen LogP contribution in [0.4, 0.5) is 5.69 Å². The van der Waals surface area contributed by atoms with Crippen molar-refractivity contribution < 1.29 is 18.0 Å². The summed E-state index contributed by atoms with van der Waals surface area (Å²) in [7, 11) is -3.54. The molecule has 2 aliphatic rings. The van der Waals surface area contributed by atoms with Crippen molar-refractivity contribution in [3.8, 4) is 0 Å². The number of carbonyl (C=O) groups excluding carboxylic acids is 2. The van der Waals surface area contributed by atoms with Gasteiger partial charge >= 0.3 is 0 Å². The first kappa shape index (κ1) is 21.8. The van der Waals surface area contributed by atoms with Crippen LogP contribution in [0.2, 0.25) is 5.02 Å². The molecular weight excluding hydrogens is 438 g/mol. The molecule has 1 N–H and O–H groups in total. The maximum atomic E-state index is 12.8. The van der Waals surface area contributed by atoms with Gasteiger partial charge in [0.15, 0.2) is 0 Å². The minimum atomic E-state index is -3.54. The fourth-order valence-electron chi connectivity index (χ4n) is 3.95. The quantitative estimate of drug-likeness (QED) is 0.736. The fourth-order valence-corrected chi connectivity index (χ4v) is 5.64. The van der Waals surface area contributed by atoms with Crippen molar-refractivity contribution in [2.75, 3.05) is 31.5 Å². The van der Waals surface area contributed by atoms with E-state index < -0.39 is 15.9 Å². The van der Waals surface area contributed by atoms with Crippen LogP contribution in [0.15, 0.2) is 47.4 Å². The Labute approximate surface area is 187 Å². The lowest BCUT2D eigenvalue weighted by molar-refractivity contribution is 0.0794. The molecule has 2 heterocycles. The lowest BCUT2D eigenvalue weighted by Crippen LogP contribution is -2.29. The summed E-state index contributed by atoms with van der Waals surface area (Å²) in [4.78, 5) is 27.6. The van der Waals surface area contributed by atoms with E-state index >= 15 is 0 Å². The van der Waals surface area contributed by atoms with Crippen LogP contribution in [-0.4, -0.2) is 55.6 Å². The smallest absolute Gasteiger partial charge is 0.255 e. The van der Waals surface area contributed by atoms with Crippen LogP contribution in [0.5, 0.6) is 0 Å². The van der Waals surface area contributed by atoms with Crippen LogP contribution in [0, 0.1) is 0 Å². The third kappa shape index (κ3) is 4.61. The number of amides is 2. The minimum Gasteiger partial charge on any atom is -0.339 e. The van der Waals surface area contributed by atoms with E-state index in [1.807, 2.05) is 0 Å². The molecule has 2 aromatic rings. The second-order valence-corrected chi connectivity index (χ2v) is 10.2. The number of halogens is 1. The molecule has 9 heteroatoms.